The molecule has 0 saturated carbocycles. The number of rotatable bonds is 4. The third kappa shape index (κ3) is 2.60. The lowest BCUT2D eigenvalue weighted by Crippen LogP contribution is -2.00. The van der Waals surface area contributed by atoms with Crippen molar-refractivity contribution in [3.63, 3.8) is 0 Å². The summed E-state index contributed by atoms with van der Waals surface area (Å²) in [6.45, 7) is 0.239. The third-order valence-corrected chi connectivity index (χ3v) is 2.56. The van der Waals surface area contributed by atoms with E-state index in [-0.39, 0.29) is 18.1 Å². The van der Waals surface area contributed by atoms with Gasteiger partial charge in [-0.1, -0.05) is 18.2 Å². The van der Waals surface area contributed by atoms with Crippen LogP contribution in [0.5, 0.6) is 11.5 Å². The fourth-order valence-corrected chi connectivity index (χ4v) is 1.54. The molecular weight excluding hydrogens is 230 g/mol. The first-order valence-electron chi connectivity index (χ1n) is 5.45. The zero-order valence-corrected chi connectivity index (χ0v) is 9.67. The van der Waals surface area contributed by atoms with Crippen LogP contribution in [0.2, 0.25) is 0 Å². The second-order valence-corrected chi connectivity index (χ2v) is 3.83. The van der Waals surface area contributed by atoms with Gasteiger partial charge in [-0.3, -0.25) is 4.79 Å². The van der Waals surface area contributed by atoms with Crippen LogP contribution in [0.15, 0.2) is 42.5 Å². The lowest BCUT2D eigenvalue weighted by molar-refractivity contribution is 0.112. The van der Waals surface area contributed by atoms with Crippen molar-refractivity contribution < 1.29 is 14.6 Å². The van der Waals surface area contributed by atoms with E-state index in [9.17, 15) is 9.90 Å². The number of benzene rings is 2. The number of nitrogen functional groups attached to an aromatic ring is 1. The highest BCUT2D eigenvalue weighted by Crippen LogP contribution is 2.27. The van der Waals surface area contributed by atoms with Crippen molar-refractivity contribution in [2.45, 2.75) is 6.61 Å². The summed E-state index contributed by atoms with van der Waals surface area (Å²) in [4.78, 5) is 10.6. The topological polar surface area (TPSA) is 72.5 Å². The van der Waals surface area contributed by atoms with Crippen LogP contribution in [0, 0.1) is 0 Å². The molecule has 2 rings (SSSR count). The predicted octanol–water partition coefficient (Wildman–Crippen LogP) is 2.37. The summed E-state index contributed by atoms with van der Waals surface area (Å²) >= 11 is 0. The molecule has 0 amide bonds. The Bertz CT molecular complexity index is 567. The van der Waals surface area contributed by atoms with Crippen molar-refractivity contribution >= 4 is 12.0 Å². The summed E-state index contributed by atoms with van der Waals surface area (Å²) in [5.41, 5.74) is 7.68. The average molecular weight is 243 g/mol. The van der Waals surface area contributed by atoms with Gasteiger partial charge in [0.15, 0.2) is 11.5 Å². The molecule has 3 N–H and O–H groups in total. The molecular formula is C14H13NO3. The second-order valence-electron chi connectivity index (χ2n) is 3.83. The number of ether oxygens (including phenoxy) is 1. The van der Waals surface area contributed by atoms with Crippen molar-refractivity contribution in [3.8, 4) is 11.5 Å². The maximum Gasteiger partial charge on any atom is 0.162 e. The Labute approximate surface area is 105 Å². The number of aromatic hydroxyl groups is 1. The molecule has 0 aromatic heterocycles. The summed E-state index contributed by atoms with van der Waals surface area (Å²) in [7, 11) is 0. The number of para-hydroxylation sites is 1. The Kier molecular flexibility index (Phi) is 3.48. The molecule has 0 bridgehead atoms. The van der Waals surface area contributed by atoms with Gasteiger partial charge < -0.3 is 15.6 Å². The van der Waals surface area contributed by atoms with Gasteiger partial charge in [0.1, 0.15) is 12.9 Å². The van der Waals surface area contributed by atoms with E-state index < -0.39 is 0 Å². The second kappa shape index (κ2) is 5.23. The molecule has 0 spiro atoms. The fourth-order valence-electron chi connectivity index (χ4n) is 1.54. The van der Waals surface area contributed by atoms with Crippen LogP contribution in [-0.2, 0) is 6.61 Å². The maximum atomic E-state index is 10.6. The summed E-state index contributed by atoms with van der Waals surface area (Å²) in [5.74, 6) is 0.262. The number of aldehydes is 1. The van der Waals surface area contributed by atoms with Crippen molar-refractivity contribution in [1.29, 1.82) is 0 Å². The predicted molar refractivity (Wildman–Crippen MR) is 68.7 cm³/mol. The fraction of sp³-hybridized carbons (Fsp3) is 0.0714. The molecule has 0 atom stereocenters. The molecule has 0 aliphatic heterocycles. The van der Waals surface area contributed by atoms with E-state index >= 15 is 0 Å². The number of phenols is 1. The van der Waals surface area contributed by atoms with Gasteiger partial charge in [-0.25, -0.2) is 0 Å². The summed E-state index contributed by atoms with van der Waals surface area (Å²) in [6, 6.07) is 11.7. The van der Waals surface area contributed by atoms with Crippen LogP contribution >= 0.6 is 0 Å². The van der Waals surface area contributed by atoms with Gasteiger partial charge in [0.2, 0.25) is 0 Å². The number of carbonyl (C=O) groups excluding carboxylic acids is 1. The molecule has 4 heteroatoms. The number of hydrogen-bond donors (Lipinski definition) is 2. The SMILES string of the molecule is Nc1ccccc1COc1cc(C=O)ccc1O. The molecule has 2 aromatic rings. The van der Waals surface area contributed by atoms with E-state index in [1.165, 1.54) is 18.2 Å². The van der Waals surface area contributed by atoms with Crippen LogP contribution in [0.4, 0.5) is 5.69 Å². The minimum Gasteiger partial charge on any atom is -0.504 e. The molecule has 4 nitrogen and oxygen atoms in total. The number of carbonyl (C=O) groups is 1. The van der Waals surface area contributed by atoms with Crippen molar-refractivity contribution in [2.24, 2.45) is 0 Å². The van der Waals surface area contributed by atoms with E-state index in [1.807, 2.05) is 18.2 Å². The Morgan fingerprint density at radius 3 is 2.72 bits per heavy atom. The Morgan fingerprint density at radius 2 is 2.00 bits per heavy atom. The molecule has 0 radical (unpaired) electrons. The monoisotopic (exact) mass is 243 g/mol. The number of nitrogens with two attached hydrogens (primary N) is 1. The normalized spacial score (nSPS) is 10.0. The largest absolute Gasteiger partial charge is 0.504 e. The molecule has 0 unspecified atom stereocenters. The number of hydrogen-bond acceptors (Lipinski definition) is 4. The Hall–Kier alpha value is -2.49. The molecule has 18 heavy (non-hydrogen) atoms. The molecule has 0 heterocycles. The molecule has 0 fully saturated rings. The van der Waals surface area contributed by atoms with Crippen molar-refractivity contribution in [2.75, 3.05) is 5.73 Å². The minimum absolute atomic E-state index is 0.00453. The van der Waals surface area contributed by atoms with Crippen LogP contribution in [0.1, 0.15) is 15.9 Å². The summed E-state index contributed by atoms with van der Waals surface area (Å²) < 4.78 is 5.46. The third-order valence-electron chi connectivity index (χ3n) is 2.56. The lowest BCUT2D eigenvalue weighted by atomic mass is 10.2. The van der Waals surface area contributed by atoms with Gasteiger partial charge in [0, 0.05) is 16.8 Å². The van der Waals surface area contributed by atoms with E-state index in [1.54, 1.807) is 6.07 Å². The van der Waals surface area contributed by atoms with Crippen LogP contribution in [-0.4, -0.2) is 11.4 Å². The maximum absolute atomic E-state index is 10.6. The molecule has 0 aliphatic rings. The van der Waals surface area contributed by atoms with Crippen LogP contribution < -0.4 is 10.5 Å². The molecule has 0 aliphatic carbocycles. The van der Waals surface area contributed by atoms with Gasteiger partial charge in [0.05, 0.1) is 0 Å². The number of anilines is 1. The van der Waals surface area contributed by atoms with E-state index in [4.69, 9.17) is 10.5 Å². The van der Waals surface area contributed by atoms with Gasteiger partial charge in [-0.2, -0.15) is 0 Å². The lowest BCUT2D eigenvalue weighted by Gasteiger charge is -2.10. The van der Waals surface area contributed by atoms with Gasteiger partial charge in [0.25, 0.3) is 0 Å². The Balaban J connectivity index is 2.15. The first kappa shape index (κ1) is 12.0. The molecule has 92 valence electrons. The summed E-state index contributed by atoms with van der Waals surface area (Å²) in [6.07, 6.45) is 0.698. The van der Waals surface area contributed by atoms with Crippen LogP contribution in [0.25, 0.3) is 0 Å². The Morgan fingerprint density at radius 1 is 1.22 bits per heavy atom. The first-order chi connectivity index (χ1) is 8.70. The highest BCUT2D eigenvalue weighted by molar-refractivity contribution is 5.76. The van der Waals surface area contributed by atoms with E-state index in [0.717, 1.165) is 5.56 Å². The van der Waals surface area contributed by atoms with Gasteiger partial charge in [-0.05, 0) is 24.3 Å². The number of phenolic OH excluding ortho intramolecular Hbond substituents is 1. The molecule has 0 saturated heterocycles. The van der Waals surface area contributed by atoms with Crippen LogP contribution in [0.3, 0.4) is 0 Å². The zero-order valence-electron chi connectivity index (χ0n) is 9.67. The van der Waals surface area contributed by atoms with Gasteiger partial charge in [-0.15, -0.1) is 0 Å². The quantitative estimate of drug-likeness (QED) is 0.638. The minimum atomic E-state index is -0.00453. The van der Waals surface area contributed by atoms with E-state index in [2.05, 4.69) is 0 Å². The average Bonchev–Trinajstić information content (AvgIpc) is 2.39. The van der Waals surface area contributed by atoms with Gasteiger partial charge >= 0.3 is 0 Å². The van der Waals surface area contributed by atoms with Crippen molar-refractivity contribution in [1.82, 2.24) is 0 Å². The highest BCUT2D eigenvalue weighted by Gasteiger charge is 2.05. The van der Waals surface area contributed by atoms with Crippen molar-refractivity contribution in [3.05, 3.63) is 53.6 Å². The first-order valence-corrected chi connectivity index (χ1v) is 5.45. The molecule has 2 aromatic carbocycles. The van der Waals surface area contributed by atoms with E-state index in [0.29, 0.717) is 17.5 Å². The summed E-state index contributed by atoms with van der Waals surface area (Å²) in [5, 5.41) is 9.61. The smallest absolute Gasteiger partial charge is 0.162 e. The standard InChI is InChI=1S/C14H13NO3/c15-12-4-2-1-3-11(12)9-18-14-7-10(8-16)5-6-13(14)17/h1-8,17H,9,15H2. The highest BCUT2D eigenvalue weighted by atomic mass is 16.5. The zero-order chi connectivity index (χ0) is 13.0.